The summed E-state index contributed by atoms with van der Waals surface area (Å²) in [5.74, 6) is -5.71. The summed E-state index contributed by atoms with van der Waals surface area (Å²) in [7, 11) is 0. The zero-order valence-electron chi connectivity index (χ0n) is 17.6. The molecule has 0 aliphatic rings. The zero-order chi connectivity index (χ0) is 23.9. The number of rotatable bonds is 6. The maximum absolute atomic E-state index is 12.8. The normalized spacial score (nSPS) is 13.0. The fraction of sp³-hybridized carbons (Fsp3) is 0.450. The quantitative estimate of drug-likeness (QED) is 0.660. The standard InChI is InChI=1S/C16H14F5N3O2.C4H11N/c1-10(24-14(25)11-4-6-22-7-5-11)12-2-3-13(23-8-12)26-9-15(17,18)16(19,20)21;1-4(2,3)5/h2-8,10H,9H2,1H3,(H,24,25);5H2,1-3H3/p+1. The Morgan fingerprint density at radius 3 is 2.10 bits per heavy atom. The summed E-state index contributed by atoms with van der Waals surface area (Å²) >= 11 is 0. The molecule has 0 saturated carbocycles. The Bertz CT molecular complexity index is 816. The van der Waals surface area contributed by atoms with Crippen LogP contribution in [0, 0.1) is 0 Å². The molecule has 2 heterocycles. The van der Waals surface area contributed by atoms with Gasteiger partial charge < -0.3 is 15.8 Å². The number of nitrogens with zero attached hydrogens (tertiary/aromatic N) is 2. The van der Waals surface area contributed by atoms with Crippen LogP contribution >= 0.6 is 0 Å². The van der Waals surface area contributed by atoms with Crippen molar-refractivity contribution in [2.45, 2.75) is 51.4 Å². The second-order valence-corrected chi connectivity index (χ2v) is 7.91. The van der Waals surface area contributed by atoms with E-state index in [1.807, 2.05) is 0 Å². The largest absolute Gasteiger partial charge is 0.471 e. The summed E-state index contributed by atoms with van der Waals surface area (Å²) in [6, 6.07) is 5.13. The second kappa shape index (κ2) is 10.5. The molecular weight excluding hydrogens is 423 g/mol. The minimum absolute atomic E-state index is 0.250. The van der Waals surface area contributed by atoms with Crippen LogP contribution in [0.4, 0.5) is 22.0 Å². The third-order valence-corrected chi connectivity index (χ3v) is 3.37. The number of ether oxygens (including phenoxy) is 1. The number of nitrogens with one attached hydrogen (secondary N) is 1. The molecule has 0 aliphatic heterocycles. The van der Waals surface area contributed by atoms with Crippen molar-refractivity contribution in [2.24, 2.45) is 0 Å². The molecule has 2 aromatic heterocycles. The summed E-state index contributed by atoms with van der Waals surface area (Å²) < 4.78 is 66.2. The van der Waals surface area contributed by atoms with Gasteiger partial charge in [0.25, 0.3) is 5.91 Å². The van der Waals surface area contributed by atoms with Gasteiger partial charge in [0.2, 0.25) is 5.88 Å². The Balaban J connectivity index is 0.000000861. The Hall–Kier alpha value is -2.82. The van der Waals surface area contributed by atoms with E-state index in [1.165, 1.54) is 36.8 Å². The molecular formula is C20H26F5N4O2+. The molecule has 0 saturated heterocycles. The van der Waals surface area contributed by atoms with Crippen LogP contribution in [0.2, 0.25) is 0 Å². The van der Waals surface area contributed by atoms with E-state index in [-0.39, 0.29) is 17.3 Å². The molecule has 0 aromatic carbocycles. The lowest BCUT2D eigenvalue weighted by Crippen LogP contribution is -2.67. The fourth-order valence-electron chi connectivity index (χ4n) is 1.85. The van der Waals surface area contributed by atoms with Crippen molar-refractivity contribution in [3.05, 3.63) is 54.0 Å². The fourth-order valence-corrected chi connectivity index (χ4v) is 1.85. The lowest BCUT2D eigenvalue weighted by atomic mass is 10.1. The van der Waals surface area contributed by atoms with Crippen LogP contribution in [0.25, 0.3) is 0 Å². The van der Waals surface area contributed by atoms with Crippen LogP contribution in [-0.4, -0.2) is 40.1 Å². The summed E-state index contributed by atoms with van der Waals surface area (Å²) in [6.45, 7) is 6.03. The van der Waals surface area contributed by atoms with Crippen LogP contribution in [-0.2, 0) is 0 Å². The molecule has 0 radical (unpaired) electrons. The van der Waals surface area contributed by atoms with Crippen LogP contribution in [0.1, 0.15) is 49.7 Å². The summed E-state index contributed by atoms with van der Waals surface area (Å²) in [5, 5.41) is 2.69. The first-order chi connectivity index (χ1) is 14.1. The highest BCUT2D eigenvalue weighted by molar-refractivity contribution is 5.94. The molecule has 1 unspecified atom stereocenters. The van der Waals surface area contributed by atoms with Gasteiger partial charge in [-0.3, -0.25) is 9.78 Å². The second-order valence-electron chi connectivity index (χ2n) is 7.91. The summed E-state index contributed by atoms with van der Waals surface area (Å²) in [5.41, 5.74) is 4.93. The highest BCUT2D eigenvalue weighted by Crippen LogP contribution is 2.35. The number of alkyl halides is 5. The van der Waals surface area contributed by atoms with E-state index in [0.717, 1.165) is 6.07 Å². The monoisotopic (exact) mass is 449 g/mol. The number of carbonyl (C=O) groups is 1. The molecule has 11 heteroatoms. The molecule has 6 nitrogen and oxygen atoms in total. The maximum Gasteiger partial charge on any atom is 0.456 e. The minimum Gasteiger partial charge on any atom is -0.471 e. The van der Waals surface area contributed by atoms with Crippen molar-refractivity contribution in [1.29, 1.82) is 0 Å². The van der Waals surface area contributed by atoms with Gasteiger partial charge in [-0.15, -0.1) is 0 Å². The van der Waals surface area contributed by atoms with Crippen molar-refractivity contribution in [3.63, 3.8) is 0 Å². The van der Waals surface area contributed by atoms with Crippen LogP contribution in [0.5, 0.6) is 5.88 Å². The SMILES string of the molecule is CC(C)(C)[NH3+].CC(NC(=O)c1ccncc1)c1ccc(OCC(F)(F)C(F)(F)F)nc1. The lowest BCUT2D eigenvalue weighted by Gasteiger charge is -2.19. The molecule has 0 fully saturated rings. The average Bonchev–Trinajstić information content (AvgIpc) is 2.65. The van der Waals surface area contributed by atoms with Gasteiger partial charge in [-0.1, -0.05) is 6.07 Å². The van der Waals surface area contributed by atoms with Gasteiger partial charge in [0.1, 0.15) is 0 Å². The van der Waals surface area contributed by atoms with Crippen LogP contribution in [0.3, 0.4) is 0 Å². The Kier molecular flexibility index (Phi) is 8.85. The van der Waals surface area contributed by atoms with Gasteiger partial charge >= 0.3 is 12.1 Å². The van der Waals surface area contributed by atoms with E-state index in [2.05, 4.69) is 46.5 Å². The Labute approximate surface area is 177 Å². The maximum atomic E-state index is 12.8. The van der Waals surface area contributed by atoms with Crippen LogP contribution < -0.4 is 15.8 Å². The van der Waals surface area contributed by atoms with Crippen molar-refractivity contribution in [1.82, 2.24) is 15.3 Å². The number of halogens is 5. The highest BCUT2D eigenvalue weighted by Gasteiger charge is 2.58. The molecule has 0 aliphatic carbocycles. The molecule has 2 rings (SSSR count). The van der Waals surface area contributed by atoms with Gasteiger partial charge in [-0.2, -0.15) is 22.0 Å². The number of quaternary nitrogens is 1. The molecule has 172 valence electrons. The van der Waals surface area contributed by atoms with E-state index >= 15 is 0 Å². The van der Waals surface area contributed by atoms with Crippen molar-refractivity contribution < 1.29 is 37.2 Å². The van der Waals surface area contributed by atoms with Gasteiger partial charge in [0.15, 0.2) is 6.61 Å². The van der Waals surface area contributed by atoms with Gasteiger partial charge in [-0.25, -0.2) is 4.98 Å². The van der Waals surface area contributed by atoms with Crippen molar-refractivity contribution in [2.75, 3.05) is 6.61 Å². The molecule has 4 N–H and O–H groups in total. The highest BCUT2D eigenvalue weighted by atomic mass is 19.4. The van der Waals surface area contributed by atoms with E-state index < -0.39 is 24.7 Å². The third kappa shape index (κ3) is 9.69. The first kappa shape index (κ1) is 26.2. The van der Waals surface area contributed by atoms with Gasteiger partial charge in [0.05, 0.1) is 11.6 Å². The van der Waals surface area contributed by atoms with Gasteiger partial charge in [-0.05, 0) is 45.4 Å². The number of carbonyl (C=O) groups excluding carboxylic acids is 1. The Morgan fingerprint density at radius 1 is 1.10 bits per heavy atom. The average molecular weight is 449 g/mol. The van der Waals surface area contributed by atoms with Crippen LogP contribution in [0.15, 0.2) is 42.9 Å². The number of pyridine rings is 2. The van der Waals surface area contributed by atoms with Crippen molar-refractivity contribution >= 4 is 5.91 Å². The number of amides is 1. The van der Waals surface area contributed by atoms with Gasteiger partial charge in [0, 0.05) is 30.2 Å². The number of hydrogen-bond donors (Lipinski definition) is 2. The van der Waals surface area contributed by atoms with E-state index in [9.17, 15) is 26.7 Å². The smallest absolute Gasteiger partial charge is 0.456 e. The predicted molar refractivity (Wildman–Crippen MR) is 103 cm³/mol. The first-order valence-electron chi connectivity index (χ1n) is 9.20. The molecule has 2 aromatic rings. The summed E-state index contributed by atoms with van der Waals surface area (Å²) in [6.07, 6.45) is -1.55. The lowest BCUT2D eigenvalue weighted by molar-refractivity contribution is -0.458. The van der Waals surface area contributed by atoms with E-state index in [0.29, 0.717) is 11.1 Å². The number of hydrogen-bond acceptors (Lipinski definition) is 4. The minimum atomic E-state index is -5.70. The van der Waals surface area contributed by atoms with E-state index in [1.54, 1.807) is 6.92 Å². The topological polar surface area (TPSA) is 91.8 Å². The first-order valence-corrected chi connectivity index (χ1v) is 9.20. The third-order valence-electron chi connectivity index (χ3n) is 3.37. The molecule has 31 heavy (non-hydrogen) atoms. The predicted octanol–water partition coefficient (Wildman–Crippen LogP) is 3.57. The summed E-state index contributed by atoms with van der Waals surface area (Å²) in [4.78, 5) is 19.5. The number of aromatic nitrogens is 2. The molecule has 1 atom stereocenters. The van der Waals surface area contributed by atoms with Crippen molar-refractivity contribution in [3.8, 4) is 5.88 Å². The molecule has 0 spiro atoms. The zero-order valence-corrected chi connectivity index (χ0v) is 17.6. The molecule has 0 bridgehead atoms. The molecule has 1 amide bonds. The Morgan fingerprint density at radius 2 is 1.65 bits per heavy atom. The van der Waals surface area contributed by atoms with E-state index in [4.69, 9.17) is 0 Å².